The molecule has 2 heterocycles. The summed E-state index contributed by atoms with van der Waals surface area (Å²) in [5.41, 5.74) is -1.43. The summed E-state index contributed by atoms with van der Waals surface area (Å²) in [7, 11) is 0. The second-order valence-electron chi connectivity index (χ2n) is 6.39. The van der Waals surface area contributed by atoms with E-state index < -0.39 is 17.4 Å². The quantitative estimate of drug-likeness (QED) is 0.587. The van der Waals surface area contributed by atoms with Gasteiger partial charge in [-0.15, -0.1) is 0 Å². The molecule has 0 fully saturated rings. The molecule has 1 amide bonds. The van der Waals surface area contributed by atoms with Crippen LogP contribution < -0.4 is 0 Å². The lowest BCUT2D eigenvalue weighted by atomic mass is 9.97. The van der Waals surface area contributed by atoms with Gasteiger partial charge in [-0.3, -0.25) is 9.78 Å². The zero-order chi connectivity index (χ0) is 20.6. The van der Waals surface area contributed by atoms with E-state index >= 15 is 0 Å². The Bertz CT molecular complexity index is 1050. The van der Waals surface area contributed by atoms with Gasteiger partial charge in [-0.05, 0) is 36.8 Å². The van der Waals surface area contributed by atoms with Gasteiger partial charge in [-0.25, -0.2) is 4.39 Å². The van der Waals surface area contributed by atoms with Crippen molar-refractivity contribution in [2.75, 3.05) is 0 Å². The maximum atomic E-state index is 13.1. The number of hydrogen-bond acceptors (Lipinski definition) is 5. The molecule has 4 rings (SSSR count). The highest BCUT2D eigenvalue weighted by Crippen LogP contribution is 2.50. The van der Waals surface area contributed by atoms with Gasteiger partial charge in [-0.1, -0.05) is 26.0 Å². The third-order valence-corrected chi connectivity index (χ3v) is 4.72. The van der Waals surface area contributed by atoms with Gasteiger partial charge in [-0.2, -0.15) is 0 Å². The first kappa shape index (κ1) is 19.6. The molecular formula is C21H21FN2O4. The number of fused-ring (bicyclic) bond motifs is 2. The van der Waals surface area contributed by atoms with Crippen molar-refractivity contribution in [3.8, 4) is 11.5 Å². The second kappa shape index (κ2) is 7.09. The van der Waals surface area contributed by atoms with Crippen LogP contribution in [0.4, 0.5) is 4.39 Å². The zero-order valence-corrected chi connectivity index (χ0v) is 15.8. The standard InChI is InChI=1S/C19H15FN2O4.C2H6/c1-19(26)14-13(17(24)15-12(16(14)23)3-2-8-21-15)18(25)22(19)9-10-4-6-11(20)7-5-10;1-2/h2-8,23-24,26H,9H2,1H3;1-2H3. The second-order valence-corrected chi connectivity index (χ2v) is 6.39. The molecule has 2 aromatic carbocycles. The Kier molecular flexibility index (Phi) is 4.95. The van der Waals surface area contributed by atoms with Crippen LogP contribution >= 0.6 is 0 Å². The monoisotopic (exact) mass is 384 g/mol. The Morgan fingerprint density at radius 3 is 2.39 bits per heavy atom. The van der Waals surface area contributed by atoms with Gasteiger partial charge in [0.15, 0.2) is 11.5 Å². The van der Waals surface area contributed by atoms with Gasteiger partial charge in [0.1, 0.15) is 17.1 Å². The summed E-state index contributed by atoms with van der Waals surface area (Å²) in [5, 5.41) is 32.4. The van der Waals surface area contributed by atoms with Gasteiger partial charge < -0.3 is 20.2 Å². The van der Waals surface area contributed by atoms with E-state index in [2.05, 4.69) is 4.98 Å². The normalized spacial score (nSPS) is 18.0. The number of halogens is 1. The Morgan fingerprint density at radius 2 is 1.75 bits per heavy atom. The van der Waals surface area contributed by atoms with Crippen LogP contribution in [0.25, 0.3) is 10.9 Å². The fraction of sp³-hybridized carbons (Fsp3) is 0.238. The summed E-state index contributed by atoms with van der Waals surface area (Å²) in [5.74, 6) is -1.75. The molecule has 0 spiro atoms. The Hall–Kier alpha value is -3.19. The van der Waals surface area contributed by atoms with E-state index in [0.717, 1.165) is 4.90 Å². The van der Waals surface area contributed by atoms with E-state index in [9.17, 15) is 24.5 Å². The van der Waals surface area contributed by atoms with Crippen molar-refractivity contribution in [3.05, 3.63) is 65.1 Å². The summed E-state index contributed by atoms with van der Waals surface area (Å²) in [4.78, 5) is 18.0. The lowest BCUT2D eigenvalue weighted by Gasteiger charge is -2.31. The van der Waals surface area contributed by atoms with Gasteiger partial charge in [0.25, 0.3) is 5.91 Å². The maximum Gasteiger partial charge on any atom is 0.261 e. The average Bonchev–Trinajstić information content (AvgIpc) is 2.90. The lowest BCUT2D eigenvalue weighted by molar-refractivity contribution is -0.0737. The number of carbonyl (C=O) groups is 1. The number of carbonyl (C=O) groups excluding carboxylic acids is 1. The van der Waals surface area contributed by atoms with Crippen LogP contribution in [-0.4, -0.2) is 31.1 Å². The summed E-state index contributed by atoms with van der Waals surface area (Å²) in [6.07, 6.45) is 1.43. The smallest absolute Gasteiger partial charge is 0.261 e. The maximum absolute atomic E-state index is 13.1. The predicted molar refractivity (Wildman–Crippen MR) is 102 cm³/mol. The minimum absolute atomic E-state index is 0.0244. The Balaban J connectivity index is 0.00000109. The lowest BCUT2D eigenvalue weighted by Crippen LogP contribution is -2.40. The first-order chi connectivity index (χ1) is 13.3. The molecule has 1 atom stereocenters. The van der Waals surface area contributed by atoms with Crippen LogP contribution in [0.1, 0.15) is 42.3 Å². The highest BCUT2D eigenvalue weighted by Gasteiger charge is 2.49. The Labute approximate surface area is 161 Å². The number of hydrogen-bond donors (Lipinski definition) is 3. The number of aromatic hydroxyl groups is 2. The van der Waals surface area contributed by atoms with Crippen molar-refractivity contribution >= 4 is 16.8 Å². The van der Waals surface area contributed by atoms with Gasteiger partial charge >= 0.3 is 0 Å². The van der Waals surface area contributed by atoms with Crippen LogP contribution in [0, 0.1) is 5.82 Å². The largest absolute Gasteiger partial charge is 0.507 e. The molecule has 0 saturated carbocycles. The SMILES string of the molecule is CC.CC1(O)c2c(c(O)c3ncccc3c2O)C(=O)N1Cc1ccc(F)cc1. The summed E-state index contributed by atoms with van der Waals surface area (Å²) in [6, 6.07) is 8.63. The third kappa shape index (κ3) is 2.84. The highest BCUT2D eigenvalue weighted by molar-refractivity contribution is 6.09. The number of pyridine rings is 1. The number of rotatable bonds is 2. The number of amides is 1. The molecule has 0 saturated heterocycles. The molecule has 146 valence electrons. The van der Waals surface area contributed by atoms with Crippen molar-refractivity contribution in [3.63, 3.8) is 0 Å². The molecule has 0 bridgehead atoms. The molecule has 3 aromatic rings. The van der Waals surface area contributed by atoms with Crippen molar-refractivity contribution in [2.24, 2.45) is 0 Å². The van der Waals surface area contributed by atoms with Crippen LogP contribution in [-0.2, 0) is 12.3 Å². The van der Waals surface area contributed by atoms with Crippen LogP contribution in [0.5, 0.6) is 11.5 Å². The third-order valence-electron chi connectivity index (χ3n) is 4.72. The molecule has 3 N–H and O–H groups in total. The number of phenols is 2. The number of aliphatic hydroxyl groups is 1. The van der Waals surface area contributed by atoms with E-state index in [-0.39, 0.29) is 40.1 Å². The van der Waals surface area contributed by atoms with E-state index in [1.807, 2.05) is 13.8 Å². The summed E-state index contributed by atoms with van der Waals surface area (Å²) in [6.45, 7) is 5.34. The first-order valence-electron chi connectivity index (χ1n) is 8.94. The van der Waals surface area contributed by atoms with Crippen LogP contribution in [0.3, 0.4) is 0 Å². The summed E-state index contributed by atoms with van der Waals surface area (Å²) < 4.78 is 13.1. The van der Waals surface area contributed by atoms with E-state index in [4.69, 9.17) is 0 Å². The molecule has 7 heteroatoms. The van der Waals surface area contributed by atoms with Crippen molar-refractivity contribution < 1.29 is 24.5 Å². The molecule has 6 nitrogen and oxygen atoms in total. The number of aromatic nitrogens is 1. The van der Waals surface area contributed by atoms with E-state index in [1.54, 1.807) is 12.1 Å². The van der Waals surface area contributed by atoms with Crippen molar-refractivity contribution in [1.82, 2.24) is 9.88 Å². The predicted octanol–water partition coefficient (Wildman–Crippen LogP) is 3.63. The molecular weight excluding hydrogens is 363 g/mol. The highest BCUT2D eigenvalue weighted by atomic mass is 19.1. The van der Waals surface area contributed by atoms with Crippen molar-refractivity contribution in [1.29, 1.82) is 0 Å². The minimum atomic E-state index is -1.85. The molecule has 1 aromatic heterocycles. The fourth-order valence-corrected chi connectivity index (χ4v) is 3.41. The van der Waals surface area contributed by atoms with E-state index in [0.29, 0.717) is 5.56 Å². The van der Waals surface area contributed by atoms with E-state index in [1.165, 1.54) is 37.4 Å². The van der Waals surface area contributed by atoms with Crippen LogP contribution in [0.2, 0.25) is 0 Å². The number of benzene rings is 2. The minimum Gasteiger partial charge on any atom is -0.507 e. The first-order valence-corrected chi connectivity index (χ1v) is 8.94. The molecule has 1 unspecified atom stereocenters. The van der Waals surface area contributed by atoms with Crippen LogP contribution in [0.15, 0.2) is 42.6 Å². The topological polar surface area (TPSA) is 93.9 Å². The molecule has 0 radical (unpaired) electrons. The van der Waals surface area contributed by atoms with Crippen molar-refractivity contribution in [2.45, 2.75) is 33.0 Å². The molecule has 1 aliphatic rings. The Morgan fingerprint density at radius 1 is 1.11 bits per heavy atom. The number of phenolic OH excluding ortho intramolecular Hbond substituents is 2. The number of nitrogens with zero attached hydrogens (tertiary/aromatic N) is 2. The summed E-state index contributed by atoms with van der Waals surface area (Å²) >= 11 is 0. The zero-order valence-electron chi connectivity index (χ0n) is 15.8. The van der Waals surface area contributed by atoms with Gasteiger partial charge in [0, 0.05) is 18.1 Å². The average molecular weight is 384 g/mol. The molecule has 0 aliphatic carbocycles. The molecule has 1 aliphatic heterocycles. The van der Waals surface area contributed by atoms with Gasteiger partial charge in [0.05, 0.1) is 11.1 Å². The molecule has 28 heavy (non-hydrogen) atoms. The van der Waals surface area contributed by atoms with Gasteiger partial charge in [0.2, 0.25) is 0 Å². The fourth-order valence-electron chi connectivity index (χ4n) is 3.41.